The number of benzene rings is 1. The summed E-state index contributed by atoms with van der Waals surface area (Å²) in [6, 6.07) is 7.89. The predicted octanol–water partition coefficient (Wildman–Crippen LogP) is 2.54. The highest BCUT2D eigenvalue weighted by molar-refractivity contribution is 6.48. The molecule has 2 aliphatic carbocycles. The highest BCUT2D eigenvalue weighted by Gasteiger charge is 2.73. The quantitative estimate of drug-likeness (QED) is 0.591. The van der Waals surface area contributed by atoms with Crippen LogP contribution < -0.4 is 4.90 Å². The monoisotopic (exact) mass is 311 g/mol. The van der Waals surface area contributed by atoms with Gasteiger partial charge in [0.25, 0.3) is 0 Å². The summed E-state index contributed by atoms with van der Waals surface area (Å²) in [7, 11) is 0. The molecule has 2 bridgehead atoms. The van der Waals surface area contributed by atoms with Crippen molar-refractivity contribution in [2.24, 2.45) is 16.7 Å². The zero-order valence-electron chi connectivity index (χ0n) is 13.6. The van der Waals surface area contributed by atoms with E-state index in [9.17, 15) is 14.4 Å². The molecule has 1 amide bonds. The van der Waals surface area contributed by atoms with Crippen LogP contribution in [0.5, 0.6) is 0 Å². The molecular weight excluding hydrogens is 290 g/mol. The second kappa shape index (κ2) is 4.53. The van der Waals surface area contributed by atoms with Crippen molar-refractivity contribution in [1.82, 2.24) is 0 Å². The van der Waals surface area contributed by atoms with Crippen LogP contribution in [0.15, 0.2) is 24.3 Å². The van der Waals surface area contributed by atoms with E-state index in [1.165, 1.54) is 0 Å². The van der Waals surface area contributed by atoms with Crippen LogP contribution in [0.25, 0.3) is 0 Å². The molecule has 1 aliphatic heterocycles. The Balaban J connectivity index is 1.81. The molecule has 1 aromatic carbocycles. The van der Waals surface area contributed by atoms with Gasteiger partial charge in [-0.25, -0.2) is 0 Å². The first kappa shape index (κ1) is 14.6. The number of rotatable bonds is 1. The third-order valence-electron chi connectivity index (χ3n) is 6.43. The highest BCUT2D eigenvalue weighted by Crippen LogP contribution is 2.63. The molecule has 2 fully saturated rings. The number of carbonyl (C=O) groups excluding carboxylic acids is 3. The van der Waals surface area contributed by atoms with E-state index in [4.69, 9.17) is 0 Å². The van der Waals surface area contributed by atoms with Crippen LogP contribution in [-0.2, 0) is 20.8 Å². The van der Waals surface area contributed by atoms with Crippen molar-refractivity contribution in [1.29, 1.82) is 0 Å². The number of anilines is 1. The van der Waals surface area contributed by atoms with E-state index >= 15 is 0 Å². The maximum Gasteiger partial charge on any atom is 0.241 e. The number of aryl methyl sites for hydroxylation is 1. The van der Waals surface area contributed by atoms with E-state index < -0.39 is 16.6 Å². The van der Waals surface area contributed by atoms with E-state index in [0.717, 1.165) is 24.1 Å². The van der Waals surface area contributed by atoms with E-state index in [1.807, 2.05) is 38.1 Å². The van der Waals surface area contributed by atoms with Gasteiger partial charge in [0.05, 0.1) is 0 Å². The Morgan fingerprint density at radius 1 is 1.22 bits per heavy atom. The van der Waals surface area contributed by atoms with Crippen molar-refractivity contribution in [3.63, 3.8) is 0 Å². The predicted molar refractivity (Wildman–Crippen MR) is 86.1 cm³/mol. The van der Waals surface area contributed by atoms with Crippen molar-refractivity contribution < 1.29 is 14.4 Å². The Kier molecular flexibility index (Phi) is 2.88. The second-order valence-electron chi connectivity index (χ2n) is 7.60. The topological polar surface area (TPSA) is 54.5 Å². The minimum Gasteiger partial charge on any atom is -0.311 e. The lowest BCUT2D eigenvalue weighted by Gasteiger charge is -2.40. The molecule has 4 nitrogen and oxygen atoms in total. The van der Waals surface area contributed by atoms with Crippen LogP contribution in [0.1, 0.15) is 38.7 Å². The van der Waals surface area contributed by atoms with Crippen LogP contribution in [-0.4, -0.2) is 24.0 Å². The summed E-state index contributed by atoms with van der Waals surface area (Å²) >= 11 is 0. The highest BCUT2D eigenvalue weighted by atomic mass is 16.2. The number of nitrogens with zero attached hydrogens (tertiary/aromatic N) is 1. The molecule has 120 valence electrons. The summed E-state index contributed by atoms with van der Waals surface area (Å²) in [5.74, 6) is -1.24. The van der Waals surface area contributed by atoms with Crippen molar-refractivity contribution in [3.05, 3.63) is 29.8 Å². The Hall–Kier alpha value is -1.97. The fourth-order valence-electron chi connectivity index (χ4n) is 5.03. The average molecular weight is 311 g/mol. The van der Waals surface area contributed by atoms with Gasteiger partial charge in [0.1, 0.15) is 5.41 Å². The number of carbonyl (C=O) groups is 3. The summed E-state index contributed by atoms with van der Waals surface area (Å²) < 4.78 is 0. The van der Waals surface area contributed by atoms with Gasteiger partial charge in [0.2, 0.25) is 17.5 Å². The first-order valence-corrected chi connectivity index (χ1v) is 8.40. The van der Waals surface area contributed by atoms with Gasteiger partial charge < -0.3 is 4.90 Å². The number of amides is 1. The molecule has 3 aliphatic rings. The number of hydrogen-bond donors (Lipinski definition) is 0. The number of hydrogen-bond acceptors (Lipinski definition) is 3. The van der Waals surface area contributed by atoms with Crippen LogP contribution in [0.4, 0.5) is 5.69 Å². The lowest BCUT2D eigenvalue weighted by atomic mass is 9.67. The van der Waals surface area contributed by atoms with Gasteiger partial charge in [-0.2, -0.15) is 0 Å². The molecule has 2 saturated carbocycles. The largest absolute Gasteiger partial charge is 0.311 e. The SMILES string of the molecule is CC1(C)[C@@H]2CC[C@]1(C(=O)N1CCCc3ccccc31)C(=O)C2=O. The summed E-state index contributed by atoms with van der Waals surface area (Å²) in [6.07, 6.45) is 3.00. The Morgan fingerprint density at radius 3 is 2.65 bits per heavy atom. The summed E-state index contributed by atoms with van der Waals surface area (Å²) in [5.41, 5.74) is 0.321. The molecular formula is C19H21NO3. The van der Waals surface area contributed by atoms with Gasteiger partial charge in [-0.1, -0.05) is 32.0 Å². The first-order chi connectivity index (χ1) is 10.9. The molecule has 0 saturated heterocycles. The summed E-state index contributed by atoms with van der Waals surface area (Å²) in [4.78, 5) is 40.2. The van der Waals surface area contributed by atoms with Crippen molar-refractivity contribution >= 4 is 23.2 Å². The number of fused-ring (bicyclic) bond motifs is 3. The van der Waals surface area contributed by atoms with Gasteiger partial charge in [-0.15, -0.1) is 0 Å². The molecule has 1 heterocycles. The van der Waals surface area contributed by atoms with Gasteiger partial charge >= 0.3 is 0 Å². The van der Waals surface area contributed by atoms with E-state index in [2.05, 4.69) is 0 Å². The molecule has 1 aromatic rings. The lowest BCUT2D eigenvalue weighted by Crippen LogP contribution is -2.53. The van der Waals surface area contributed by atoms with Gasteiger partial charge in [-0.3, -0.25) is 14.4 Å². The average Bonchev–Trinajstić information content (AvgIpc) is 2.90. The molecule has 0 spiro atoms. The van der Waals surface area contributed by atoms with Crippen LogP contribution in [0.2, 0.25) is 0 Å². The molecule has 0 unspecified atom stereocenters. The van der Waals surface area contributed by atoms with E-state index in [0.29, 0.717) is 19.4 Å². The summed E-state index contributed by atoms with van der Waals surface area (Å²) in [5, 5.41) is 0. The third kappa shape index (κ3) is 1.59. The smallest absolute Gasteiger partial charge is 0.241 e. The Labute approximate surface area is 135 Å². The molecule has 0 aromatic heterocycles. The second-order valence-corrected chi connectivity index (χ2v) is 7.60. The van der Waals surface area contributed by atoms with Crippen molar-refractivity contribution in [2.45, 2.75) is 39.5 Å². The minimum absolute atomic E-state index is 0.159. The standard InChI is InChI=1S/C19H21NO3/c1-18(2)13-9-10-19(18,16(22)15(13)21)17(23)20-11-5-7-12-6-3-4-8-14(12)20/h3-4,6,8,13H,5,7,9-11H2,1-2H3/t13-,19-/m1/s1. The molecule has 0 radical (unpaired) electrons. The molecule has 4 heteroatoms. The Morgan fingerprint density at radius 2 is 1.96 bits per heavy atom. The zero-order valence-corrected chi connectivity index (χ0v) is 13.6. The minimum atomic E-state index is -1.15. The van der Waals surface area contributed by atoms with Crippen LogP contribution in [0, 0.1) is 16.7 Å². The zero-order chi connectivity index (χ0) is 16.4. The molecule has 2 atom stereocenters. The molecule has 0 N–H and O–H groups in total. The van der Waals surface area contributed by atoms with Gasteiger partial charge in [0.15, 0.2) is 0 Å². The van der Waals surface area contributed by atoms with Crippen molar-refractivity contribution in [3.8, 4) is 0 Å². The normalized spacial score (nSPS) is 31.4. The number of para-hydroxylation sites is 1. The van der Waals surface area contributed by atoms with Gasteiger partial charge in [0, 0.05) is 18.2 Å². The van der Waals surface area contributed by atoms with E-state index in [-0.39, 0.29) is 17.6 Å². The van der Waals surface area contributed by atoms with Crippen LogP contribution >= 0.6 is 0 Å². The van der Waals surface area contributed by atoms with Crippen LogP contribution in [0.3, 0.4) is 0 Å². The molecule has 23 heavy (non-hydrogen) atoms. The maximum atomic E-state index is 13.5. The fourth-order valence-corrected chi connectivity index (χ4v) is 5.03. The molecule has 4 rings (SSSR count). The number of ketones is 2. The first-order valence-electron chi connectivity index (χ1n) is 8.40. The lowest BCUT2D eigenvalue weighted by molar-refractivity contribution is -0.148. The Bertz CT molecular complexity index is 736. The van der Waals surface area contributed by atoms with E-state index in [1.54, 1.807) is 4.90 Å². The third-order valence-corrected chi connectivity index (χ3v) is 6.43. The number of Topliss-reactive ketones (excluding diaryl/α,β-unsaturated/α-hetero) is 2. The van der Waals surface area contributed by atoms with Gasteiger partial charge in [-0.05, 0) is 42.7 Å². The fraction of sp³-hybridized carbons (Fsp3) is 0.526. The maximum absolute atomic E-state index is 13.5. The summed E-state index contributed by atoms with van der Waals surface area (Å²) in [6.45, 7) is 4.46. The van der Waals surface area contributed by atoms with Crippen molar-refractivity contribution in [2.75, 3.05) is 11.4 Å².